The van der Waals surface area contributed by atoms with Crippen LogP contribution in [0.1, 0.15) is 41.8 Å². The lowest BCUT2D eigenvalue weighted by Gasteiger charge is -2.13. The molecule has 0 heterocycles. The maximum absolute atomic E-state index is 12.1. The Morgan fingerprint density at radius 2 is 1.85 bits per heavy atom. The highest BCUT2D eigenvalue weighted by Gasteiger charge is 2.16. The molecule has 0 aliphatic rings. The summed E-state index contributed by atoms with van der Waals surface area (Å²) >= 11 is 1.59. The summed E-state index contributed by atoms with van der Waals surface area (Å²) in [5, 5.41) is 10.8. The second kappa shape index (κ2) is 9.15. The van der Waals surface area contributed by atoms with Gasteiger partial charge in [0.05, 0.1) is 11.3 Å². The number of hydrogen-bond donors (Lipinski definition) is 0. The molecule has 0 amide bonds. The first-order valence-corrected chi connectivity index (χ1v) is 9.24. The maximum atomic E-state index is 12.1. The van der Waals surface area contributed by atoms with Gasteiger partial charge in [0.15, 0.2) is 5.78 Å². The third-order valence-electron chi connectivity index (χ3n) is 3.83. The smallest absolute Gasteiger partial charge is 0.306 e. The van der Waals surface area contributed by atoms with Crippen LogP contribution in [0.3, 0.4) is 0 Å². The minimum Gasteiger partial charge on any atom is -0.458 e. The molecular formula is C19H19NO5S. The third-order valence-corrected chi connectivity index (χ3v) is 4.57. The monoisotopic (exact) mass is 373 g/mol. The van der Waals surface area contributed by atoms with Crippen LogP contribution >= 0.6 is 11.8 Å². The first-order valence-electron chi connectivity index (χ1n) is 8.02. The van der Waals surface area contributed by atoms with E-state index in [1.165, 1.54) is 12.1 Å². The Morgan fingerprint density at radius 1 is 1.15 bits per heavy atom. The number of nitro groups is 1. The highest BCUT2D eigenvalue weighted by Crippen LogP contribution is 2.22. The van der Waals surface area contributed by atoms with Crippen LogP contribution in [0.15, 0.2) is 53.4 Å². The van der Waals surface area contributed by atoms with E-state index in [4.69, 9.17) is 4.74 Å². The van der Waals surface area contributed by atoms with E-state index < -0.39 is 17.0 Å². The maximum Gasteiger partial charge on any atom is 0.306 e. The summed E-state index contributed by atoms with van der Waals surface area (Å²) in [6.45, 7) is 1.64. The van der Waals surface area contributed by atoms with Crippen LogP contribution in [-0.4, -0.2) is 22.9 Å². The number of esters is 1. The summed E-state index contributed by atoms with van der Waals surface area (Å²) in [5.41, 5.74) is 1.03. The fourth-order valence-corrected chi connectivity index (χ4v) is 2.76. The first kappa shape index (κ1) is 19.7. The first-order chi connectivity index (χ1) is 12.4. The van der Waals surface area contributed by atoms with Gasteiger partial charge in [-0.2, -0.15) is 0 Å². The number of Topliss-reactive ketones (excluding diaryl/α,β-unsaturated/α-hetero) is 1. The number of ketones is 1. The van der Waals surface area contributed by atoms with Gasteiger partial charge in [-0.1, -0.05) is 24.3 Å². The lowest BCUT2D eigenvalue weighted by atomic mass is 10.1. The number of benzene rings is 2. The zero-order valence-corrected chi connectivity index (χ0v) is 15.3. The van der Waals surface area contributed by atoms with E-state index in [1.807, 2.05) is 18.4 Å². The molecule has 2 rings (SSSR count). The predicted octanol–water partition coefficient (Wildman–Crippen LogP) is 4.58. The van der Waals surface area contributed by atoms with Crippen molar-refractivity contribution >= 4 is 29.2 Å². The molecule has 26 heavy (non-hydrogen) atoms. The number of carbonyl (C=O) groups excluding carboxylic acids is 2. The van der Waals surface area contributed by atoms with Crippen molar-refractivity contribution in [1.29, 1.82) is 0 Å². The van der Waals surface area contributed by atoms with Crippen LogP contribution < -0.4 is 0 Å². The van der Waals surface area contributed by atoms with Crippen molar-refractivity contribution in [2.75, 3.05) is 6.26 Å². The number of ether oxygens (including phenoxy) is 1. The number of hydrogen-bond acceptors (Lipinski definition) is 6. The van der Waals surface area contributed by atoms with Crippen molar-refractivity contribution in [2.24, 2.45) is 0 Å². The van der Waals surface area contributed by atoms with Crippen molar-refractivity contribution < 1.29 is 19.2 Å². The third kappa shape index (κ3) is 5.42. The molecule has 0 saturated carbocycles. The molecule has 136 valence electrons. The van der Waals surface area contributed by atoms with Crippen LogP contribution in [0.4, 0.5) is 5.69 Å². The molecule has 6 nitrogen and oxygen atoms in total. The molecule has 2 aromatic rings. The summed E-state index contributed by atoms with van der Waals surface area (Å²) in [6, 6.07) is 13.1. The average Bonchev–Trinajstić information content (AvgIpc) is 2.66. The Balaban J connectivity index is 1.88. The van der Waals surface area contributed by atoms with Gasteiger partial charge in [0.2, 0.25) is 0 Å². The number of thioether (sulfide) groups is 1. The molecule has 0 fully saturated rings. The number of nitro benzene ring substituents is 1. The van der Waals surface area contributed by atoms with E-state index in [0.29, 0.717) is 11.1 Å². The van der Waals surface area contributed by atoms with E-state index in [1.54, 1.807) is 43.0 Å². The lowest BCUT2D eigenvalue weighted by molar-refractivity contribution is -0.385. The van der Waals surface area contributed by atoms with E-state index in [-0.39, 0.29) is 24.3 Å². The summed E-state index contributed by atoms with van der Waals surface area (Å²) in [4.78, 5) is 35.5. The molecule has 0 aromatic heterocycles. The summed E-state index contributed by atoms with van der Waals surface area (Å²) < 4.78 is 5.28. The van der Waals surface area contributed by atoms with Gasteiger partial charge in [-0.25, -0.2) is 0 Å². The zero-order valence-electron chi connectivity index (χ0n) is 14.5. The standard InChI is InChI=1S/C19H19NO5S/c1-13(15-4-3-5-16(12-15)20(23)24)25-19(22)11-10-18(21)14-6-8-17(26-2)9-7-14/h3-9,12-13H,10-11H2,1-2H3/t13-/m0/s1. The van der Waals surface area contributed by atoms with E-state index in [9.17, 15) is 19.7 Å². The van der Waals surface area contributed by atoms with Gasteiger partial charge < -0.3 is 4.74 Å². The molecule has 7 heteroatoms. The Morgan fingerprint density at radius 3 is 2.46 bits per heavy atom. The summed E-state index contributed by atoms with van der Waals surface area (Å²) in [6.07, 6.45) is 1.34. The largest absolute Gasteiger partial charge is 0.458 e. The second-order valence-corrected chi connectivity index (χ2v) is 6.52. The van der Waals surface area contributed by atoms with E-state index in [0.717, 1.165) is 4.90 Å². The summed E-state index contributed by atoms with van der Waals surface area (Å²) in [5.74, 6) is -0.643. The van der Waals surface area contributed by atoms with Gasteiger partial charge in [-0.05, 0) is 30.9 Å². The van der Waals surface area contributed by atoms with Crippen molar-refractivity contribution in [3.63, 3.8) is 0 Å². The van der Waals surface area contributed by atoms with Gasteiger partial charge in [-0.3, -0.25) is 19.7 Å². The lowest BCUT2D eigenvalue weighted by Crippen LogP contribution is -2.11. The molecule has 0 radical (unpaired) electrons. The second-order valence-electron chi connectivity index (χ2n) is 5.64. The highest BCUT2D eigenvalue weighted by atomic mass is 32.2. The topological polar surface area (TPSA) is 86.5 Å². The van der Waals surface area contributed by atoms with E-state index in [2.05, 4.69) is 0 Å². The van der Waals surface area contributed by atoms with Gasteiger partial charge in [0, 0.05) is 29.0 Å². The highest BCUT2D eigenvalue weighted by molar-refractivity contribution is 7.98. The Bertz CT molecular complexity index is 804. The van der Waals surface area contributed by atoms with Crippen molar-refractivity contribution in [3.05, 3.63) is 69.8 Å². The number of non-ortho nitro benzene ring substituents is 1. The molecule has 0 aliphatic carbocycles. The SMILES string of the molecule is CSc1ccc(C(=O)CCC(=O)O[C@@H](C)c2cccc([N+](=O)[O-])c2)cc1. The number of rotatable bonds is 8. The molecule has 0 unspecified atom stereocenters. The molecule has 0 spiro atoms. The minimum atomic E-state index is -0.627. The van der Waals surface area contributed by atoms with Crippen molar-refractivity contribution in [1.82, 2.24) is 0 Å². The van der Waals surface area contributed by atoms with Crippen LogP contribution in [0, 0.1) is 10.1 Å². The quantitative estimate of drug-likeness (QED) is 0.221. The van der Waals surface area contributed by atoms with Crippen LogP contribution in [-0.2, 0) is 9.53 Å². The number of nitrogens with zero attached hydrogens (tertiary/aromatic N) is 1. The van der Waals surface area contributed by atoms with E-state index >= 15 is 0 Å². The van der Waals surface area contributed by atoms with Gasteiger partial charge in [0.25, 0.3) is 5.69 Å². The number of carbonyl (C=O) groups is 2. The van der Waals surface area contributed by atoms with Crippen molar-refractivity contribution in [3.8, 4) is 0 Å². The van der Waals surface area contributed by atoms with Gasteiger partial charge >= 0.3 is 5.97 Å². The van der Waals surface area contributed by atoms with Gasteiger partial charge in [0.1, 0.15) is 6.10 Å². The molecule has 2 aromatic carbocycles. The molecule has 0 bridgehead atoms. The molecule has 0 N–H and O–H groups in total. The molecule has 1 atom stereocenters. The fourth-order valence-electron chi connectivity index (χ4n) is 2.35. The molecule has 0 saturated heterocycles. The van der Waals surface area contributed by atoms with Crippen LogP contribution in [0.25, 0.3) is 0 Å². The van der Waals surface area contributed by atoms with Crippen LogP contribution in [0.5, 0.6) is 0 Å². The molecular weight excluding hydrogens is 354 g/mol. The summed E-state index contributed by atoms with van der Waals surface area (Å²) in [7, 11) is 0. The zero-order chi connectivity index (χ0) is 19.1. The molecule has 0 aliphatic heterocycles. The Kier molecular flexibility index (Phi) is 6.91. The Labute approximate surface area is 155 Å². The minimum absolute atomic E-state index is 0.0393. The van der Waals surface area contributed by atoms with Crippen molar-refractivity contribution in [2.45, 2.75) is 30.8 Å². The Hall–Kier alpha value is -2.67. The normalized spacial score (nSPS) is 11.6. The predicted molar refractivity (Wildman–Crippen MR) is 99.4 cm³/mol. The van der Waals surface area contributed by atoms with Crippen LogP contribution in [0.2, 0.25) is 0 Å². The van der Waals surface area contributed by atoms with Gasteiger partial charge in [-0.15, -0.1) is 11.8 Å². The fraction of sp³-hybridized carbons (Fsp3) is 0.263. The average molecular weight is 373 g/mol.